The van der Waals surface area contributed by atoms with Gasteiger partial charge in [-0.05, 0) is 60.5 Å². The molecule has 37 heavy (non-hydrogen) atoms. The second-order valence-corrected chi connectivity index (χ2v) is 9.95. The molecule has 1 N–H and O–H groups in total. The summed E-state index contributed by atoms with van der Waals surface area (Å²) in [5.41, 5.74) is 4.40. The smallest absolute Gasteiger partial charge is 0.255 e. The third-order valence-electron chi connectivity index (χ3n) is 5.20. The Labute approximate surface area is 216 Å². The second kappa shape index (κ2) is 12.8. The Hall–Kier alpha value is -4.02. The fourth-order valence-electron chi connectivity index (χ4n) is 3.29. The highest BCUT2D eigenvalue weighted by molar-refractivity contribution is 7.89. The number of nitrogens with one attached hydrogen (secondary N) is 1. The maximum Gasteiger partial charge on any atom is 0.255 e. The van der Waals surface area contributed by atoms with Gasteiger partial charge in [0.15, 0.2) is 11.5 Å². The molecular formula is C27H28FN3O5S. The van der Waals surface area contributed by atoms with Crippen LogP contribution in [0, 0.1) is 12.7 Å². The zero-order valence-corrected chi connectivity index (χ0v) is 21.4. The van der Waals surface area contributed by atoms with Crippen molar-refractivity contribution in [3.8, 4) is 11.5 Å². The lowest BCUT2D eigenvalue weighted by Crippen LogP contribution is -2.39. The van der Waals surface area contributed by atoms with Gasteiger partial charge in [0.05, 0.1) is 24.8 Å². The molecule has 3 aromatic carbocycles. The lowest BCUT2D eigenvalue weighted by molar-refractivity contribution is -0.121. The molecule has 0 aromatic heterocycles. The third-order valence-corrected chi connectivity index (χ3v) is 7.00. The van der Waals surface area contributed by atoms with Crippen molar-refractivity contribution in [2.45, 2.75) is 18.4 Å². The number of ether oxygens (including phenoxy) is 2. The molecule has 0 bridgehead atoms. The molecule has 3 rings (SSSR count). The molecule has 10 heteroatoms. The van der Waals surface area contributed by atoms with Gasteiger partial charge in [0.1, 0.15) is 12.4 Å². The van der Waals surface area contributed by atoms with Gasteiger partial charge < -0.3 is 9.47 Å². The van der Waals surface area contributed by atoms with E-state index in [2.05, 4.69) is 17.1 Å². The van der Waals surface area contributed by atoms with Crippen molar-refractivity contribution in [2.75, 3.05) is 20.3 Å². The minimum Gasteiger partial charge on any atom is -0.493 e. The Morgan fingerprint density at radius 3 is 2.43 bits per heavy atom. The minimum atomic E-state index is -4.03. The number of amides is 1. The lowest BCUT2D eigenvalue weighted by Gasteiger charge is -2.21. The predicted molar refractivity (Wildman–Crippen MR) is 140 cm³/mol. The number of rotatable bonds is 12. The molecule has 0 aliphatic carbocycles. The molecule has 0 aliphatic rings. The van der Waals surface area contributed by atoms with Gasteiger partial charge >= 0.3 is 0 Å². The Bertz CT molecular complexity index is 1360. The number of hydrogen-bond acceptors (Lipinski definition) is 6. The molecule has 1 amide bonds. The van der Waals surface area contributed by atoms with Gasteiger partial charge in [-0.2, -0.15) is 9.41 Å². The number of halogens is 1. The number of carbonyl (C=O) groups excluding carboxylic acids is 1. The summed E-state index contributed by atoms with van der Waals surface area (Å²) in [7, 11) is -2.53. The van der Waals surface area contributed by atoms with Crippen LogP contribution in [0.1, 0.15) is 16.7 Å². The fraction of sp³-hybridized carbons (Fsp3) is 0.185. The second-order valence-electron chi connectivity index (χ2n) is 8.02. The molecule has 0 radical (unpaired) electrons. The van der Waals surface area contributed by atoms with Crippen LogP contribution in [0.3, 0.4) is 0 Å². The van der Waals surface area contributed by atoms with Crippen LogP contribution < -0.4 is 14.9 Å². The molecule has 0 fully saturated rings. The van der Waals surface area contributed by atoms with Crippen molar-refractivity contribution in [1.29, 1.82) is 0 Å². The highest BCUT2D eigenvalue weighted by Crippen LogP contribution is 2.27. The number of methoxy groups -OCH3 is 1. The number of nitrogens with zero attached hydrogens (tertiary/aromatic N) is 2. The summed E-state index contributed by atoms with van der Waals surface area (Å²) in [6.07, 6.45) is 3.01. The zero-order valence-electron chi connectivity index (χ0n) is 20.6. The van der Waals surface area contributed by atoms with E-state index in [1.54, 1.807) is 36.4 Å². The van der Waals surface area contributed by atoms with E-state index in [1.807, 2.05) is 6.92 Å². The summed E-state index contributed by atoms with van der Waals surface area (Å²) in [5, 5.41) is 3.94. The average molecular weight is 526 g/mol. The van der Waals surface area contributed by atoms with Crippen molar-refractivity contribution in [3.05, 3.63) is 102 Å². The standard InChI is InChI=1S/C27H28FN3O5S/c1-4-15-36-25-14-9-22(16-26(25)35-3)17-29-30-27(32)19-31(18-21-7-10-23(28)11-8-21)37(33,34)24-12-5-20(2)6-13-24/h4-14,16-17H,1,15,18-19H2,2-3H3,(H,30,32)/b29-17-. The van der Waals surface area contributed by atoms with E-state index < -0.39 is 28.3 Å². The van der Waals surface area contributed by atoms with E-state index in [1.165, 1.54) is 49.7 Å². The SMILES string of the molecule is C=CCOc1ccc(/C=N\NC(=O)CN(Cc2ccc(F)cc2)S(=O)(=O)c2ccc(C)cc2)cc1OC. The van der Waals surface area contributed by atoms with Crippen LogP contribution in [0.4, 0.5) is 4.39 Å². The molecule has 194 valence electrons. The van der Waals surface area contributed by atoms with Crippen LogP contribution in [-0.2, 0) is 21.4 Å². The van der Waals surface area contributed by atoms with Crippen LogP contribution in [0.2, 0.25) is 0 Å². The molecule has 0 unspecified atom stereocenters. The molecule has 0 atom stereocenters. The highest BCUT2D eigenvalue weighted by Gasteiger charge is 2.27. The van der Waals surface area contributed by atoms with Crippen LogP contribution in [0.15, 0.2) is 89.4 Å². The first-order valence-electron chi connectivity index (χ1n) is 11.3. The maximum absolute atomic E-state index is 13.3. The van der Waals surface area contributed by atoms with E-state index in [9.17, 15) is 17.6 Å². The molecule has 0 saturated carbocycles. The molecule has 3 aromatic rings. The highest BCUT2D eigenvalue weighted by atomic mass is 32.2. The van der Waals surface area contributed by atoms with Gasteiger partial charge in [0.25, 0.3) is 5.91 Å². The van der Waals surface area contributed by atoms with Crippen molar-refractivity contribution in [1.82, 2.24) is 9.73 Å². The van der Waals surface area contributed by atoms with Crippen LogP contribution in [0.25, 0.3) is 0 Å². The van der Waals surface area contributed by atoms with Crippen LogP contribution >= 0.6 is 0 Å². The van der Waals surface area contributed by atoms with E-state index in [4.69, 9.17) is 9.47 Å². The zero-order chi connectivity index (χ0) is 26.8. The summed E-state index contributed by atoms with van der Waals surface area (Å²) in [6, 6.07) is 16.8. The van der Waals surface area contributed by atoms with Gasteiger partial charge in [-0.3, -0.25) is 4.79 Å². The van der Waals surface area contributed by atoms with E-state index in [0.717, 1.165) is 9.87 Å². The first-order chi connectivity index (χ1) is 17.7. The molecule has 0 saturated heterocycles. The number of hydrazone groups is 1. The quantitative estimate of drug-likeness (QED) is 0.219. The van der Waals surface area contributed by atoms with Crippen LogP contribution in [-0.4, -0.2) is 45.1 Å². The van der Waals surface area contributed by atoms with E-state index >= 15 is 0 Å². The van der Waals surface area contributed by atoms with Crippen molar-refractivity contribution in [2.24, 2.45) is 5.10 Å². The summed E-state index contributed by atoms with van der Waals surface area (Å²) >= 11 is 0. The predicted octanol–water partition coefficient (Wildman–Crippen LogP) is 4.05. The van der Waals surface area contributed by atoms with E-state index in [0.29, 0.717) is 29.2 Å². The van der Waals surface area contributed by atoms with Crippen molar-refractivity contribution < 1.29 is 27.1 Å². The molecular weight excluding hydrogens is 497 g/mol. The largest absolute Gasteiger partial charge is 0.493 e. The lowest BCUT2D eigenvalue weighted by atomic mass is 10.2. The van der Waals surface area contributed by atoms with Crippen LogP contribution in [0.5, 0.6) is 11.5 Å². The number of sulfonamides is 1. The van der Waals surface area contributed by atoms with Crippen molar-refractivity contribution in [3.63, 3.8) is 0 Å². The fourth-order valence-corrected chi connectivity index (χ4v) is 4.67. The molecule has 8 nitrogen and oxygen atoms in total. The van der Waals surface area contributed by atoms with Gasteiger partial charge in [-0.1, -0.05) is 42.5 Å². The number of hydrogen-bond donors (Lipinski definition) is 1. The van der Waals surface area contributed by atoms with Gasteiger partial charge in [-0.25, -0.2) is 18.2 Å². The van der Waals surface area contributed by atoms with Gasteiger partial charge in [0, 0.05) is 6.54 Å². The number of carbonyl (C=O) groups is 1. The Kier molecular flexibility index (Phi) is 9.53. The Balaban J connectivity index is 1.75. The Morgan fingerprint density at radius 2 is 1.78 bits per heavy atom. The minimum absolute atomic E-state index is 0.0439. The maximum atomic E-state index is 13.3. The van der Waals surface area contributed by atoms with Crippen molar-refractivity contribution >= 4 is 22.1 Å². The number of aryl methyl sites for hydroxylation is 1. The summed E-state index contributed by atoms with van der Waals surface area (Å²) < 4.78 is 51.8. The first kappa shape index (κ1) is 27.6. The average Bonchev–Trinajstić information content (AvgIpc) is 2.88. The topological polar surface area (TPSA) is 97.3 Å². The summed E-state index contributed by atoms with van der Waals surface area (Å²) in [4.78, 5) is 12.7. The van der Waals surface area contributed by atoms with E-state index in [-0.39, 0.29) is 11.4 Å². The molecule has 0 spiro atoms. The summed E-state index contributed by atoms with van der Waals surface area (Å²) in [5.74, 6) is -0.0826. The first-order valence-corrected chi connectivity index (χ1v) is 12.7. The summed E-state index contributed by atoms with van der Waals surface area (Å²) in [6.45, 7) is 5.14. The van der Waals surface area contributed by atoms with Gasteiger partial charge in [-0.15, -0.1) is 0 Å². The third kappa shape index (κ3) is 7.73. The Morgan fingerprint density at radius 1 is 1.08 bits per heavy atom. The molecule has 0 aliphatic heterocycles. The van der Waals surface area contributed by atoms with Gasteiger partial charge in [0.2, 0.25) is 10.0 Å². The monoisotopic (exact) mass is 525 g/mol. The molecule has 0 heterocycles. The number of benzene rings is 3. The normalized spacial score (nSPS) is 11.5.